The maximum absolute atomic E-state index is 12.6. The normalized spacial score (nSPS) is 11.5. The third-order valence-corrected chi connectivity index (χ3v) is 5.62. The molecule has 1 N–H and O–H groups in total. The van der Waals surface area contributed by atoms with Crippen LogP contribution >= 0.6 is 0 Å². The van der Waals surface area contributed by atoms with Crippen molar-refractivity contribution < 1.29 is 17.6 Å². The summed E-state index contributed by atoms with van der Waals surface area (Å²) in [5, 5.41) is 0. The molecule has 0 aliphatic heterocycles. The van der Waals surface area contributed by atoms with Gasteiger partial charge in [0.2, 0.25) is 0 Å². The van der Waals surface area contributed by atoms with Crippen LogP contribution in [0.25, 0.3) is 0 Å². The molecule has 1 amide bonds. The van der Waals surface area contributed by atoms with Crippen LogP contribution < -0.4 is 4.72 Å². The summed E-state index contributed by atoms with van der Waals surface area (Å²) in [5.74, 6) is 0.107. The molecular weight excluding hydrogens is 352 g/mol. The fourth-order valence-electron chi connectivity index (χ4n) is 2.79. The van der Waals surface area contributed by atoms with Crippen LogP contribution in [-0.4, -0.2) is 18.9 Å². The van der Waals surface area contributed by atoms with Crippen LogP contribution in [0.3, 0.4) is 0 Å². The van der Waals surface area contributed by atoms with Crippen LogP contribution in [0.5, 0.6) is 0 Å². The maximum atomic E-state index is 12.6. The number of nitrogens with zero attached hydrogens (tertiary/aromatic N) is 1. The Kier molecular flexibility index (Phi) is 4.73. The summed E-state index contributed by atoms with van der Waals surface area (Å²) in [7, 11) is -3.92. The van der Waals surface area contributed by atoms with E-state index in [2.05, 4.69) is 4.72 Å². The van der Waals surface area contributed by atoms with E-state index in [1.54, 1.807) is 37.5 Å². The number of nitrogens with one attached hydrogen (secondary N) is 1. The van der Waals surface area contributed by atoms with Crippen molar-refractivity contribution in [1.82, 2.24) is 9.29 Å². The number of amides is 1. The minimum absolute atomic E-state index is 0.0563. The lowest BCUT2D eigenvalue weighted by molar-refractivity contribution is 0.0980. The molecule has 1 aromatic carbocycles. The number of furan rings is 1. The van der Waals surface area contributed by atoms with Crippen molar-refractivity contribution >= 4 is 15.9 Å². The Hall–Kier alpha value is -2.80. The van der Waals surface area contributed by atoms with E-state index in [0.717, 1.165) is 17.0 Å². The smallest absolute Gasteiger partial charge is 0.266 e. The largest absolute Gasteiger partial charge is 0.467 e. The highest BCUT2D eigenvalue weighted by Crippen LogP contribution is 2.18. The summed E-state index contributed by atoms with van der Waals surface area (Å²) in [6, 6.07) is 11.7. The lowest BCUT2D eigenvalue weighted by Gasteiger charge is -2.09. The zero-order chi connectivity index (χ0) is 18.9. The summed E-state index contributed by atoms with van der Waals surface area (Å²) in [5.41, 5.74) is 2.79. The predicted molar refractivity (Wildman–Crippen MR) is 97.5 cm³/mol. The Balaban J connectivity index is 1.85. The molecule has 3 aromatic rings. The highest BCUT2D eigenvalue weighted by molar-refractivity contribution is 7.90. The van der Waals surface area contributed by atoms with Crippen LogP contribution in [0.2, 0.25) is 0 Å². The van der Waals surface area contributed by atoms with Crippen LogP contribution in [-0.2, 0) is 16.6 Å². The number of sulfonamides is 1. The highest BCUT2D eigenvalue weighted by atomic mass is 32.2. The zero-order valence-corrected chi connectivity index (χ0v) is 15.6. The molecule has 0 fully saturated rings. The quantitative estimate of drug-likeness (QED) is 0.746. The summed E-state index contributed by atoms with van der Waals surface area (Å²) in [4.78, 5) is 12.6. The van der Waals surface area contributed by atoms with Crippen molar-refractivity contribution in [3.8, 4) is 0 Å². The van der Waals surface area contributed by atoms with Gasteiger partial charge in [-0.2, -0.15) is 0 Å². The van der Waals surface area contributed by atoms with E-state index in [1.807, 2.05) is 24.5 Å². The first-order chi connectivity index (χ1) is 12.3. The van der Waals surface area contributed by atoms with E-state index in [0.29, 0.717) is 17.8 Å². The van der Waals surface area contributed by atoms with Gasteiger partial charge in [-0.1, -0.05) is 17.7 Å². The molecule has 0 aliphatic carbocycles. The van der Waals surface area contributed by atoms with Crippen LogP contribution in [0, 0.1) is 20.8 Å². The van der Waals surface area contributed by atoms with Crippen molar-refractivity contribution in [2.24, 2.45) is 0 Å². The van der Waals surface area contributed by atoms with Gasteiger partial charge < -0.3 is 8.98 Å². The van der Waals surface area contributed by atoms with Crippen LogP contribution in [0.1, 0.15) is 33.1 Å². The SMILES string of the molecule is Cc1ccc(S(=O)(=O)NC(=O)c2cc(C)n(Cc3ccco3)c2C)cc1. The van der Waals surface area contributed by atoms with Crippen molar-refractivity contribution in [2.75, 3.05) is 0 Å². The monoisotopic (exact) mass is 372 g/mol. The van der Waals surface area contributed by atoms with Crippen molar-refractivity contribution in [1.29, 1.82) is 0 Å². The Labute approximate surface area is 152 Å². The molecule has 2 aromatic heterocycles. The molecule has 0 saturated heterocycles. The molecule has 0 spiro atoms. The first kappa shape index (κ1) is 18.0. The lowest BCUT2D eigenvalue weighted by atomic mass is 10.2. The minimum Gasteiger partial charge on any atom is -0.467 e. The first-order valence-electron chi connectivity index (χ1n) is 8.11. The predicted octanol–water partition coefficient (Wildman–Crippen LogP) is 3.17. The fraction of sp³-hybridized carbons (Fsp3) is 0.211. The van der Waals surface area contributed by atoms with E-state index < -0.39 is 15.9 Å². The molecule has 0 aliphatic rings. The van der Waals surface area contributed by atoms with Gasteiger partial charge in [0, 0.05) is 11.4 Å². The van der Waals surface area contributed by atoms with Gasteiger partial charge in [-0.05, 0) is 51.1 Å². The van der Waals surface area contributed by atoms with Gasteiger partial charge in [-0.25, -0.2) is 13.1 Å². The van der Waals surface area contributed by atoms with E-state index in [-0.39, 0.29) is 4.90 Å². The van der Waals surface area contributed by atoms with Gasteiger partial charge >= 0.3 is 0 Å². The number of rotatable bonds is 5. The Morgan fingerprint density at radius 1 is 1.12 bits per heavy atom. The summed E-state index contributed by atoms with van der Waals surface area (Å²) < 4.78 is 34.3. The molecule has 0 atom stereocenters. The summed E-state index contributed by atoms with van der Waals surface area (Å²) >= 11 is 0. The molecule has 7 heteroatoms. The van der Waals surface area contributed by atoms with E-state index in [4.69, 9.17) is 4.42 Å². The Morgan fingerprint density at radius 2 is 1.81 bits per heavy atom. The number of hydrogen-bond donors (Lipinski definition) is 1. The van der Waals surface area contributed by atoms with Crippen molar-refractivity contribution in [2.45, 2.75) is 32.2 Å². The Morgan fingerprint density at radius 3 is 2.42 bits per heavy atom. The second-order valence-electron chi connectivity index (χ2n) is 6.20. The second kappa shape index (κ2) is 6.84. The summed E-state index contributed by atoms with van der Waals surface area (Å²) in [6.45, 7) is 5.98. The fourth-order valence-corrected chi connectivity index (χ4v) is 3.75. The molecular formula is C19H20N2O4S. The maximum Gasteiger partial charge on any atom is 0.266 e. The number of aryl methyl sites for hydroxylation is 2. The van der Waals surface area contributed by atoms with Gasteiger partial charge in [-0.15, -0.1) is 0 Å². The molecule has 6 nitrogen and oxygen atoms in total. The van der Waals surface area contributed by atoms with Gasteiger partial charge in [0.1, 0.15) is 5.76 Å². The molecule has 0 unspecified atom stereocenters. The molecule has 26 heavy (non-hydrogen) atoms. The van der Waals surface area contributed by atoms with E-state index in [9.17, 15) is 13.2 Å². The van der Waals surface area contributed by atoms with Gasteiger partial charge in [0.05, 0.1) is 23.3 Å². The minimum atomic E-state index is -3.92. The van der Waals surface area contributed by atoms with Crippen molar-refractivity contribution in [3.05, 3.63) is 77.0 Å². The highest BCUT2D eigenvalue weighted by Gasteiger charge is 2.22. The van der Waals surface area contributed by atoms with Gasteiger partial charge in [0.25, 0.3) is 15.9 Å². The summed E-state index contributed by atoms with van der Waals surface area (Å²) in [6.07, 6.45) is 1.59. The van der Waals surface area contributed by atoms with Crippen LogP contribution in [0.4, 0.5) is 0 Å². The number of aromatic nitrogens is 1. The number of benzene rings is 1. The van der Waals surface area contributed by atoms with E-state index in [1.165, 1.54) is 12.1 Å². The molecule has 3 rings (SSSR count). The van der Waals surface area contributed by atoms with Gasteiger partial charge in [0.15, 0.2) is 0 Å². The number of hydrogen-bond acceptors (Lipinski definition) is 4. The topological polar surface area (TPSA) is 81.3 Å². The number of carbonyl (C=O) groups is 1. The van der Waals surface area contributed by atoms with Crippen LogP contribution in [0.15, 0.2) is 58.0 Å². The zero-order valence-electron chi connectivity index (χ0n) is 14.8. The average Bonchev–Trinajstić information content (AvgIpc) is 3.18. The molecule has 136 valence electrons. The Bertz CT molecular complexity index is 1030. The first-order valence-corrected chi connectivity index (χ1v) is 9.59. The third-order valence-electron chi connectivity index (χ3n) is 4.27. The second-order valence-corrected chi connectivity index (χ2v) is 7.88. The van der Waals surface area contributed by atoms with Gasteiger partial charge in [-0.3, -0.25) is 4.79 Å². The lowest BCUT2D eigenvalue weighted by Crippen LogP contribution is -2.30. The average molecular weight is 372 g/mol. The number of carbonyl (C=O) groups excluding carboxylic acids is 1. The molecule has 0 bridgehead atoms. The molecule has 0 saturated carbocycles. The van der Waals surface area contributed by atoms with Crippen molar-refractivity contribution in [3.63, 3.8) is 0 Å². The molecule has 0 radical (unpaired) electrons. The standard InChI is InChI=1S/C19H20N2O4S/c1-13-6-8-17(9-7-13)26(23,24)20-19(22)18-11-14(2)21(15(18)3)12-16-5-4-10-25-16/h4-11H,12H2,1-3H3,(H,20,22). The molecule has 2 heterocycles. The third kappa shape index (κ3) is 3.57. The van der Waals surface area contributed by atoms with E-state index >= 15 is 0 Å².